The first-order valence-corrected chi connectivity index (χ1v) is 7.08. The molecule has 0 aliphatic rings. The number of aromatic nitrogens is 2. The SMILES string of the molecule is COc1ccc(-c2cn3cccc(C(F)(F)F)c3n2)c(Br)c1. The Balaban J connectivity index is 2.17. The summed E-state index contributed by atoms with van der Waals surface area (Å²) >= 11 is 3.39. The summed E-state index contributed by atoms with van der Waals surface area (Å²) in [4.78, 5) is 4.14. The van der Waals surface area contributed by atoms with Gasteiger partial charge >= 0.3 is 6.18 Å². The van der Waals surface area contributed by atoms with Gasteiger partial charge in [-0.3, -0.25) is 0 Å². The summed E-state index contributed by atoms with van der Waals surface area (Å²) in [5, 5.41) is 0. The number of rotatable bonds is 2. The number of ether oxygens (including phenoxy) is 1. The molecule has 0 unspecified atom stereocenters. The predicted octanol–water partition coefficient (Wildman–Crippen LogP) is 4.79. The molecule has 3 rings (SSSR count). The summed E-state index contributed by atoms with van der Waals surface area (Å²) in [6, 6.07) is 7.59. The van der Waals surface area contributed by atoms with Crippen molar-refractivity contribution in [3.8, 4) is 17.0 Å². The maximum Gasteiger partial charge on any atom is 0.419 e. The van der Waals surface area contributed by atoms with Gasteiger partial charge in [-0.15, -0.1) is 0 Å². The zero-order chi connectivity index (χ0) is 15.9. The summed E-state index contributed by atoms with van der Waals surface area (Å²) in [5.41, 5.74) is 0.266. The summed E-state index contributed by atoms with van der Waals surface area (Å²) in [6.45, 7) is 0. The van der Waals surface area contributed by atoms with Crippen molar-refractivity contribution in [1.29, 1.82) is 0 Å². The quantitative estimate of drug-likeness (QED) is 0.648. The van der Waals surface area contributed by atoms with Gasteiger partial charge in [0.15, 0.2) is 0 Å². The lowest BCUT2D eigenvalue weighted by Crippen LogP contribution is -2.07. The molecular weight excluding hydrogens is 361 g/mol. The molecule has 2 heterocycles. The van der Waals surface area contributed by atoms with E-state index in [9.17, 15) is 13.2 Å². The van der Waals surface area contributed by atoms with Gasteiger partial charge in [0, 0.05) is 22.4 Å². The van der Waals surface area contributed by atoms with Gasteiger partial charge in [-0.2, -0.15) is 13.2 Å². The van der Waals surface area contributed by atoms with Crippen LogP contribution in [0.5, 0.6) is 5.75 Å². The molecule has 0 saturated heterocycles. The van der Waals surface area contributed by atoms with Gasteiger partial charge < -0.3 is 9.14 Å². The summed E-state index contributed by atoms with van der Waals surface area (Å²) in [6.07, 6.45) is -1.34. The van der Waals surface area contributed by atoms with E-state index in [4.69, 9.17) is 4.74 Å². The molecular formula is C15H10BrF3N2O. The van der Waals surface area contributed by atoms with Gasteiger partial charge in [-0.1, -0.05) is 0 Å². The van der Waals surface area contributed by atoms with E-state index in [-0.39, 0.29) is 5.65 Å². The van der Waals surface area contributed by atoms with Crippen LogP contribution < -0.4 is 4.74 Å². The number of fused-ring (bicyclic) bond motifs is 1. The van der Waals surface area contributed by atoms with Gasteiger partial charge in [0.25, 0.3) is 0 Å². The molecule has 2 aromatic heterocycles. The minimum absolute atomic E-state index is 0.118. The van der Waals surface area contributed by atoms with Gasteiger partial charge in [0.05, 0.1) is 18.4 Å². The molecule has 0 spiro atoms. The lowest BCUT2D eigenvalue weighted by molar-refractivity contribution is -0.136. The highest BCUT2D eigenvalue weighted by molar-refractivity contribution is 9.10. The Bertz CT molecular complexity index is 842. The molecule has 0 N–H and O–H groups in total. The summed E-state index contributed by atoms with van der Waals surface area (Å²) in [7, 11) is 1.54. The minimum atomic E-state index is -4.44. The smallest absolute Gasteiger partial charge is 0.419 e. The van der Waals surface area contributed by atoms with Crippen LogP contribution in [0.4, 0.5) is 13.2 Å². The lowest BCUT2D eigenvalue weighted by Gasteiger charge is -2.06. The number of nitrogens with zero attached hydrogens (tertiary/aromatic N) is 2. The molecule has 0 saturated carbocycles. The average molecular weight is 371 g/mol. The van der Waals surface area contributed by atoms with Crippen molar-refractivity contribution < 1.29 is 17.9 Å². The Morgan fingerprint density at radius 2 is 2.00 bits per heavy atom. The van der Waals surface area contributed by atoms with E-state index in [0.29, 0.717) is 21.5 Å². The van der Waals surface area contributed by atoms with Gasteiger partial charge in [-0.25, -0.2) is 4.98 Å². The Hall–Kier alpha value is -2.02. The number of halogens is 4. The van der Waals surface area contributed by atoms with E-state index in [1.165, 1.54) is 10.5 Å². The second kappa shape index (κ2) is 5.31. The number of benzene rings is 1. The van der Waals surface area contributed by atoms with Crippen LogP contribution in [-0.2, 0) is 6.18 Å². The molecule has 3 aromatic rings. The van der Waals surface area contributed by atoms with Crippen LogP contribution in [0.1, 0.15) is 5.56 Å². The highest BCUT2D eigenvalue weighted by atomic mass is 79.9. The topological polar surface area (TPSA) is 26.5 Å². The molecule has 1 aromatic carbocycles. The molecule has 114 valence electrons. The van der Waals surface area contributed by atoms with Crippen LogP contribution >= 0.6 is 15.9 Å². The number of alkyl halides is 3. The molecule has 0 amide bonds. The normalized spacial score (nSPS) is 11.9. The maximum atomic E-state index is 13.0. The Labute approximate surface area is 132 Å². The highest BCUT2D eigenvalue weighted by Gasteiger charge is 2.34. The fraction of sp³-hybridized carbons (Fsp3) is 0.133. The fourth-order valence-corrected chi connectivity index (χ4v) is 2.76. The second-order valence-electron chi connectivity index (χ2n) is 4.62. The first-order chi connectivity index (χ1) is 10.4. The average Bonchev–Trinajstić information content (AvgIpc) is 2.89. The molecule has 3 nitrogen and oxygen atoms in total. The summed E-state index contributed by atoms with van der Waals surface area (Å²) in [5.74, 6) is 0.648. The third-order valence-corrected chi connectivity index (χ3v) is 3.90. The third-order valence-electron chi connectivity index (χ3n) is 3.24. The molecule has 0 aliphatic carbocycles. The van der Waals surface area contributed by atoms with Crippen LogP contribution in [0.15, 0.2) is 47.2 Å². The molecule has 0 aliphatic heterocycles. The minimum Gasteiger partial charge on any atom is -0.497 e. The van der Waals surface area contributed by atoms with E-state index in [2.05, 4.69) is 20.9 Å². The zero-order valence-electron chi connectivity index (χ0n) is 11.4. The maximum absolute atomic E-state index is 13.0. The van der Waals surface area contributed by atoms with E-state index in [0.717, 1.165) is 6.07 Å². The molecule has 0 radical (unpaired) electrons. The number of imidazole rings is 1. The van der Waals surface area contributed by atoms with Crippen LogP contribution in [0, 0.1) is 0 Å². The van der Waals surface area contributed by atoms with E-state index in [1.54, 1.807) is 37.7 Å². The molecule has 7 heteroatoms. The number of hydrogen-bond donors (Lipinski definition) is 0. The lowest BCUT2D eigenvalue weighted by atomic mass is 10.1. The van der Waals surface area contributed by atoms with Crippen molar-refractivity contribution >= 4 is 21.6 Å². The molecule has 22 heavy (non-hydrogen) atoms. The van der Waals surface area contributed by atoms with E-state index < -0.39 is 11.7 Å². The van der Waals surface area contributed by atoms with Gasteiger partial charge in [-0.05, 0) is 46.3 Å². The van der Waals surface area contributed by atoms with Crippen LogP contribution in [-0.4, -0.2) is 16.5 Å². The highest BCUT2D eigenvalue weighted by Crippen LogP contribution is 2.35. The zero-order valence-corrected chi connectivity index (χ0v) is 12.9. The Kier molecular flexibility index (Phi) is 3.60. The van der Waals surface area contributed by atoms with Crippen molar-refractivity contribution in [2.24, 2.45) is 0 Å². The van der Waals surface area contributed by atoms with Crippen molar-refractivity contribution in [1.82, 2.24) is 9.38 Å². The molecule has 0 atom stereocenters. The van der Waals surface area contributed by atoms with Crippen LogP contribution in [0.25, 0.3) is 16.9 Å². The largest absolute Gasteiger partial charge is 0.497 e. The number of pyridine rings is 1. The first kappa shape index (κ1) is 14.9. The fourth-order valence-electron chi connectivity index (χ4n) is 2.19. The Morgan fingerprint density at radius 1 is 1.23 bits per heavy atom. The molecule has 0 fully saturated rings. The monoisotopic (exact) mass is 370 g/mol. The predicted molar refractivity (Wildman–Crippen MR) is 79.9 cm³/mol. The first-order valence-electron chi connectivity index (χ1n) is 6.29. The van der Waals surface area contributed by atoms with Crippen molar-refractivity contribution in [3.63, 3.8) is 0 Å². The van der Waals surface area contributed by atoms with Crippen LogP contribution in [0.2, 0.25) is 0 Å². The van der Waals surface area contributed by atoms with E-state index >= 15 is 0 Å². The van der Waals surface area contributed by atoms with Gasteiger partial charge in [0.1, 0.15) is 11.4 Å². The number of hydrogen-bond acceptors (Lipinski definition) is 2. The van der Waals surface area contributed by atoms with Gasteiger partial charge in [0.2, 0.25) is 0 Å². The van der Waals surface area contributed by atoms with Crippen LogP contribution in [0.3, 0.4) is 0 Å². The van der Waals surface area contributed by atoms with E-state index in [1.807, 2.05) is 0 Å². The standard InChI is InChI=1S/C15H10BrF3N2O/c1-22-9-4-5-10(12(16)7-9)13-8-21-6-2-3-11(14(21)20-13)15(17,18)19/h2-8H,1H3. The molecule has 0 bridgehead atoms. The number of methoxy groups -OCH3 is 1. The third kappa shape index (κ3) is 2.56. The summed E-state index contributed by atoms with van der Waals surface area (Å²) < 4.78 is 46.3. The van der Waals surface area contributed by atoms with Crippen molar-refractivity contribution in [3.05, 3.63) is 52.8 Å². The van der Waals surface area contributed by atoms with Crippen molar-refractivity contribution in [2.75, 3.05) is 7.11 Å². The second-order valence-corrected chi connectivity index (χ2v) is 5.48. The Morgan fingerprint density at radius 3 is 2.64 bits per heavy atom. The van der Waals surface area contributed by atoms with Crippen molar-refractivity contribution in [2.45, 2.75) is 6.18 Å².